The number of benzene rings is 1. The molecule has 5 heteroatoms. The average molecular weight is 237 g/mol. The molecule has 0 bridgehead atoms. The minimum Gasteiger partial charge on any atom is -0.297 e. The Morgan fingerprint density at radius 3 is 2.19 bits per heavy atom. The van der Waals surface area contributed by atoms with Crippen LogP contribution in [0.1, 0.15) is 5.56 Å². The van der Waals surface area contributed by atoms with E-state index in [0.717, 1.165) is 18.0 Å². The van der Waals surface area contributed by atoms with Crippen molar-refractivity contribution < 1.29 is 9.59 Å². The van der Waals surface area contributed by atoms with Crippen LogP contribution < -0.4 is 0 Å². The highest BCUT2D eigenvalue weighted by Gasteiger charge is 2.03. The van der Waals surface area contributed by atoms with Crippen LogP contribution in [0.4, 0.5) is 11.4 Å². The molecule has 0 spiro atoms. The van der Waals surface area contributed by atoms with Gasteiger partial charge in [-0.3, -0.25) is 19.6 Å². The fourth-order valence-electron chi connectivity index (χ4n) is 1.11. The van der Waals surface area contributed by atoms with Crippen LogP contribution in [0.3, 0.4) is 0 Å². The normalized spacial score (nSPS) is 11.1. The van der Waals surface area contributed by atoms with E-state index >= 15 is 0 Å². The SMILES string of the molecule is Cc1cc(Cl)c(N=CC=O)cc1N=CC=O. The van der Waals surface area contributed by atoms with Crippen LogP contribution in [0.5, 0.6) is 0 Å². The van der Waals surface area contributed by atoms with Gasteiger partial charge in [-0.15, -0.1) is 0 Å². The lowest BCUT2D eigenvalue weighted by molar-refractivity contribution is -0.103. The van der Waals surface area contributed by atoms with Gasteiger partial charge in [0.1, 0.15) is 0 Å². The van der Waals surface area contributed by atoms with Crippen molar-refractivity contribution in [2.24, 2.45) is 9.98 Å². The Morgan fingerprint density at radius 1 is 1.06 bits per heavy atom. The van der Waals surface area contributed by atoms with Crippen molar-refractivity contribution in [3.05, 3.63) is 22.7 Å². The van der Waals surface area contributed by atoms with Gasteiger partial charge in [0.25, 0.3) is 0 Å². The highest BCUT2D eigenvalue weighted by atomic mass is 35.5. The fraction of sp³-hybridized carbons (Fsp3) is 0.0909. The Labute approximate surface area is 97.7 Å². The number of hydrogen-bond donors (Lipinski definition) is 0. The van der Waals surface area contributed by atoms with Crippen molar-refractivity contribution in [2.75, 3.05) is 0 Å². The van der Waals surface area contributed by atoms with Gasteiger partial charge in [0.2, 0.25) is 0 Å². The Balaban J connectivity index is 3.20. The molecule has 0 radical (unpaired) electrons. The van der Waals surface area contributed by atoms with E-state index in [0.29, 0.717) is 29.0 Å². The van der Waals surface area contributed by atoms with Crippen molar-refractivity contribution in [3.8, 4) is 0 Å². The van der Waals surface area contributed by atoms with Gasteiger partial charge in [-0.1, -0.05) is 11.6 Å². The summed E-state index contributed by atoms with van der Waals surface area (Å²) < 4.78 is 0. The monoisotopic (exact) mass is 236 g/mol. The van der Waals surface area contributed by atoms with Crippen molar-refractivity contribution in [1.82, 2.24) is 0 Å². The molecular weight excluding hydrogens is 228 g/mol. The number of aryl methyl sites for hydroxylation is 1. The van der Waals surface area contributed by atoms with Gasteiger partial charge in [-0.05, 0) is 24.6 Å². The van der Waals surface area contributed by atoms with Gasteiger partial charge in [0, 0.05) is 0 Å². The zero-order chi connectivity index (χ0) is 12.0. The molecule has 4 nitrogen and oxygen atoms in total. The Bertz CT molecular complexity index is 428. The van der Waals surface area contributed by atoms with Crippen LogP contribution >= 0.6 is 11.6 Å². The maximum atomic E-state index is 10.2. The molecule has 0 atom stereocenters. The molecule has 0 saturated carbocycles. The summed E-state index contributed by atoms with van der Waals surface area (Å²) in [6.45, 7) is 1.82. The third-order valence-corrected chi connectivity index (χ3v) is 2.12. The fourth-order valence-corrected chi connectivity index (χ4v) is 1.38. The minimum atomic E-state index is 0.431. The van der Waals surface area contributed by atoms with Gasteiger partial charge in [0.15, 0.2) is 12.6 Å². The lowest BCUT2D eigenvalue weighted by Crippen LogP contribution is -1.80. The molecule has 0 unspecified atom stereocenters. The van der Waals surface area contributed by atoms with Crippen LogP contribution in [0.15, 0.2) is 22.1 Å². The summed E-state index contributed by atoms with van der Waals surface area (Å²) in [6.07, 6.45) is 3.39. The smallest absolute Gasteiger partial charge is 0.161 e. The number of hydrogen-bond acceptors (Lipinski definition) is 4. The molecule has 0 saturated heterocycles. The molecule has 0 fully saturated rings. The first-order valence-electron chi connectivity index (χ1n) is 4.45. The topological polar surface area (TPSA) is 58.9 Å². The first kappa shape index (κ1) is 12.3. The van der Waals surface area contributed by atoms with Gasteiger partial charge in [0.05, 0.1) is 28.8 Å². The zero-order valence-electron chi connectivity index (χ0n) is 8.55. The quantitative estimate of drug-likeness (QED) is 0.596. The second-order valence-electron chi connectivity index (χ2n) is 2.92. The van der Waals surface area contributed by atoms with Gasteiger partial charge >= 0.3 is 0 Å². The largest absolute Gasteiger partial charge is 0.297 e. The van der Waals surface area contributed by atoms with Crippen molar-refractivity contribution >= 4 is 48.0 Å². The molecular formula is C11H9ClN2O2. The number of aldehydes is 2. The molecule has 16 heavy (non-hydrogen) atoms. The van der Waals surface area contributed by atoms with E-state index in [9.17, 15) is 9.59 Å². The zero-order valence-corrected chi connectivity index (χ0v) is 9.31. The molecule has 0 amide bonds. The molecule has 0 aromatic heterocycles. The van der Waals surface area contributed by atoms with E-state index in [2.05, 4.69) is 9.98 Å². The Morgan fingerprint density at radius 2 is 1.62 bits per heavy atom. The lowest BCUT2D eigenvalue weighted by Gasteiger charge is -2.03. The summed E-state index contributed by atoms with van der Waals surface area (Å²) in [5.74, 6) is 0. The Hall–Kier alpha value is -1.81. The third kappa shape index (κ3) is 3.10. The standard InChI is InChI=1S/C11H9ClN2O2/c1-8-6-9(12)11(14-3-5-16)7-10(8)13-2-4-15/h2-7H,1H3. The predicted octanol–water partition coefficient (Wildman–Crippen LogP) is 2.45. The molecule has 0 heterocycles. The second-order valence-corrected chi connectivity index (χ2v) is 3.33. The highest BCUT2D eigenvalue weighted by Crippen LogP contribution is 2.32. The first-order chi connectivity index (χ1) is 7.69. The number of aliphatic imine (C=N–C) groups is 2. The number of rotatable bonds is 4. The van der Waals surface area contributed by atoms with E-state index in [4.69, 9.17) is 11.6 Å². The van der Waals surface area contributed by atoms with Crippen LogP contribution in [0.2, 0.25) is 5.02 Å². The first-order valence-corrected chi connectivity index (χ1v) is 4.82. The van der Waals surface area contributed by atoms with E-state index < -0.39 is 0 Å². The van der Waals surface area contributed by atoms with E-state index in [-0.39, 0.29) is 0 Å². The highest BCUT2D eigenvalue weighted by molar-refractivity contribution is 6.33. The molecule has 1 aromatic carbocycles. The summed E-state index contributed by atoms with van der Waals surface area (Å²) >= 11 is 5.92. The maximum Gasteiger partial charge on any atom is 0.161 e. The summed E-state index contributed by atoms with van der Waals surface area (Å²) in [6, 6.07) is 3.29. The summed E-state index contributed by atoms with van der Waals surface area (Å²) in [4.78, 5) is 28.1. The molecule has 0 aliphatic rings. The number of carbonyl (C=O) groups is 2. The molecule has 82 valence electrons. The minimum absolute atomic E-state index is 0.431. The van der Waals surface area contributed by atoms with Crippen LogP contribution in [-0.4, -0.2) is 25.0 Å². The van der Waals surface area contributed by atoms with E-state index in [1.807, 2.05) is 6.92 Å². The van der Waals surface area contributed by atoms with Gasteiger partial charge < -0.3 is 0 Å². The summed E-state index contributed by atoms with van der Waals surface area (Å²) in [7, 11) is 0. The molecule has 0 aliphatic heterocycles. The Kier molecular flexibility index (Phi) is 4.54. The number of carbonyl (C=O) groups excluding carboxylic acids is 2. The number of halogens is 1. The third-order valence-electron chi connectivity index (χ3n) is 1.81. The molecule has 0 N–H and O–H groups in total. The van der Waals surface area contributed by atoms with E-state index in [1.54, 1.807) is 12.1 Å². The van der Waals surface area contributed by atoms with Gasteiger partial charge in [-0.2, -0.15) is 0 Å². The van der Waals surface area contributed by atoms with Crippen molar-refractivity contribution in [3.63, 3.8) is 0 Å². The summed E-state index contributed by atoms with van der Waals surface area (Å²) in [5.41, 5.74) is 1.86. The van der Waals surface area contributed by atoms with E-state index in [1.165, 1.54) is 0 Å². The number of nitrogens with zero attached hydrogens (tertiary/aromatic N) is 2. The molecule has 1 aromatic rings. The van der Waals surface area contributed by atoms with Gasteiger partial charge in [-0.25, -0.2) is 0 Å². The predicted molar refractivity (Wildman–Crippen MR) is 64.6 cm³/mol. The van der Waals surface area contributed by atoms with Crippen LogP contribution in [-0.2, 0) is 9.59 Å². The molecule has 1 rings (SSSR count). The van der Waals surface area contributed by atoms with Crippen LogP contribution in [0, 0.1) is 6.92 Å². The van der Waals surface area contributed by atoms with Crippen LogP contribution in [0.25, 0.3) is 0 Å². The molecule has 0 aliphatic carbocycles. The van der Waals surface area contributed by atoms with Crippen molar-refractivity contribution in [1.29, 1.82) is 0 Å². The lowest BCUT2D eigenvalue weighted by atomic mass is 10.2. The average Bonchev–Trinajstić information content (AvgIpc) is 2.26. The second kappa shape index (κ2) is 5.92. The summed E-state index contributed by atoms with van der Waals surface area (Å²) in [5, 5.41) is 0.431. The maximum absolute atomic E-state index is 10.2. The van der Waals surface area contributed by atoms with Crippen molar-refractivity contribution in [2.45, 2.75) is 6.92 Å².